The summed E-state index contributed by atoms with van der Waals surface area (Å²) in [5.74, 6) is 0.150. The van der Waals surface area contributed by atoms with Crippen molar-refractivity contribution >= 4 is 51.7 Å². The average molecular weight is 611 g/mol. The molecule has 0 spiro atoms. The van der Waals surface area contributed by atoms with Crippen LogP contribution in [-0.4, -0.2) is 69.2 Å². The molecule has 3 aromatic rings. The van der Waals surface area contributed by atoms with Crippen molar-refractivity contribution in [3.8, 4) is 11.1 Å². The molecule has 17 nitrogen and oxygen atoms in total. The molecule has 0 amide bonds. The van der Waals surface area contributed by atoms with Crippen LogP contribution >= 0.6 is 34.8 Å². The number of ether oxygens (including phenoxy) is 1. The summed E-state index contributed by atoms with van der Waals surface area (Å²) in [5, 5.41) is 25.2. The number of thiophene rings is 1. The molecule has 37 heavy (non-hydrogen) atoms. The molecule has 0 aromatic carbocycles. The largest absolute Gasteiger partial charge is 1.00 e. The average Bonchev–Trinajstić information content (AvgIpc) is 3.44. The Bertz CT molecular complexity index is 1400. The molecule has 0 radical (unpaired) electrons. The Hall–Kier alpha value is -0.590. The van der Waals surface area contributed by atoms with E-state index in [1.807, 2.05) is 16.8 Å². The number of nitrogens with zero attached hydrogens (tertiary/aromatic N) is 3. The van der Waals surface area contributed by atoms with Gasteiger partial charge in [0, 0.05) is 11.8 Å². The predicted octanol–water partition coefficient (Wildman–Crippen LogP) is -2.29. The predicted molar refractivity (Wildman–Crippen MR) is 121 cm³/mol. The first-order chi connectivity index (χ1) is 16.7. The Labute approximate surface area is 233 Å². The van der Waals surface area contributed by atoms with Gasteiger partial charge in [0.15, 0.2) is 6.23 Å². The van der Waals surface area contributed by atoms with Gasteiger partial charge >= 0.3 is 53.0 Å². The second kappa shape index (κ2) is 11.5. The molecule has 198 valence electrons. The van der Waals surface area contributed by atoms with E-state index in [0.717, 1.165) is 5.56 Å². The molecule has 0 aliphatic carbocycles. The van der Waals surface area contributed by atoms with E-state index in [9.17, 15) is 33.7 Å². The van der Waals surface area contributed by atoms with E-state index in [4.69, 9.17) is 20.3 Å². The minimum absolute atomic E-state index is 0. The first kappa shape index (κ1) is 30.9. The van der Waals surface area contributed by atoms with Crippen molar-refractivity contribution in [2.45, 2.75) is 24.5 Å². The van der Waals surface area contributed by atoms with Crippen LogP contribution in [-0.2, 0) is 31.6 Å². The summed E-state index contributed by atoms with van der Waals surface area (Å²) in [5.41, 5.74) is 7.69. The number of nitrogens with two attached hydrogens (primary N) is 1. The van der Waals surface area contributed by atoms with E-state index >= 15 is 0 Å². The van der Waals surface area contributed by atoms with Gasteiger partial charge in [-0.15, -0.1) is 0 Å². The van der Waals surface area contributed by atoms with Crippen LogP contribution in [0.25, 0.3) is 22.2 Å². The van der Waals surface area contributed by atoms with Crippen LogP contribution in [0.4, 0.5) is 5.82 Å². The van der Waals surface area contributed by atoms with Crippen molar-refractivity contribution in [1.29, 1.82) is 0 Å². The second-order valence-electron chi connectivity index (χ2n) is 7.35. The number of phosphoric acid groups is 3. The molecule has 3 aromatic heterocycles. The molecule has 1 saturated heterocycles. The minimum Gasteiger partial charge on any atom is -0.387 e. The fourth-order valence-corrected chi connectivity index (χ4v) is 7.19. The Balaban J connectivity index is 0.00000380. The van der Waals surface area contributed by atoms with E-state index in [-0.39, 0.29) is 41.0 Å². The van der Waals surface area contributed by atoms with E-state index in [1.165, 1.54) is 22.2 Å². The van der Waals surface area contributed by atoms with E-state index in [2.05, 4.69) is 23.1 Å². The second-order valence-corrected chi connectivity index (χ2v) is 12.6. The van der Waals surface area contributed by atoms with Gasteiger partial charge in [0.25, 0.3) is 0 Å². The molecule has 1 fully saturated rings. The first-order valence-electron chi connectivity index (χ1n) is 9.61. The Morgan fingerprint density at radius 3 is 2.41 bits per heavy atom. The standard InChI is InChI=1S/C15H19N4O13P3S.Na/c16-13-10-8(7-1-2-36-5-7)3-19(14(10)18-6-17-13)15-12(21)11(20)9(30-15)4-29-34(25,26)32-35(27,28)31-33(22,23)24;/h1-3,5-6,9,11-12,15,20-21H,4H2,(H,25,26)(H,27,28)(H2,16,17,18)(H2,22,23,24);/q;+1/t9-,11-,12-,15-;/m1./s1. The van der Waals surface area contributed by atoms with E-state index in [1.54, 1.807) is 6.20 Å². The summed E-state index contributed by atoms with van der Waals surface area (Å²) >= 11 is 1.43. The first-order valence-corrected chi connectivity index (χ1v) is 15.1. The zero-order chi connectivity index (χ0) is 26.5. The number of anilines is 1. The van der Waals surface area contributed by atoms with Crippen molar-refractivity contribution < 1.29 is 90.9 Å². The fraction of sp³-hybridized carbons (Fsp3) is 0.333. The number of hydrogen-bond donors (Lipinski definition) is 7. The number of aromatic nitrogens is 3. The summed E-state index contributed by atoms with van der Waals surface area (Å²) in [6, 6.07) is 1.82. The molecule has 8 N–H and O–H groups in total. The zero-order valence-corrected chi connectivity index (χ0v) is 24.1. The number of hydrogen-bond acceptors (Lipinski definition) is 13. The van der Waals surface area contributed by atoms with Crippen molar-refractivity contribution in [2.24, 2.45) is 0 Å². The third-order valence-electron chi connectivity index (χ3n) is 4.90. The third-order valence-corrected chi connectivity index (χ3v) is 9.39. The monoisotopic (exact) mass is 611 g/mol. The smallest absolute Gasteiger partial charge is 0.387 e. The van der Waals surface area contributed by atoms with Crippen molar-refractivity contribution in [3.05, 3.63) is 29.4 Å². The quantitative estimate of drug-likeness (QED) is 0.0991. The van der Waals surface area contributed by atoms with Crippen LogP contribution in [0.1, 0.15) is 6.23 Å². The normalized spacial score (nSPS) is 25.5. The molecule has 22 heteroatoms. The Morgan fingerprint density at radius 2 is 1.78 bits per heavy atom. The summed E-state index contributed by atoms with van der Waals surface area (Å²) in [7, 11) is -16.7. The molecule has 1 aliphatic heterocycles. The van der Waals surface area contributed by atoms with Crippen LogP contribution in [0, 0.1) is 0 Å². The van der Waals surface area contributed by atoms with Crippen molar-refractivity contribution in [3.63, 3.8) is 0 Å². The van der Waals surface area contributed by atoms with E-state index in [0.29, 0.717) is 10.9 Å². The fourth-order valence-electron chi connectivity index (χ4n) is 3.51. The molecular weight excluding hydrogens is 592 g/mol. The van der Waals surface area contributed by atoms with Gasteiger partial charge in [-0.3, -0.25) is 4.52 Å². The van der Waals surface area contributed by atoms with Crippen LogP contribution in [0.5, 0.6) is 0 Å². The van der Waals surface area contributed by atoms with Crippen molar-refractivity contribution in [1.82, 2.24) is 14.5 Å². The van der Waals surface area contributed by atoms with Crippen LogP contribution in [0.2, 0.25) is 0 Å². The molecule has 6 atom stereocenters. The van der Waals surface area contributed by atoms with Crippen LogP contribution in [0.3, 0.4) is 0 Å². The summed E-state index contributed by atoms with van der Waals surface area (Å²) < 4.78 is 52.9. The molecule has 2 unspecified atom stereocenters. The minimum atomic E-state index is -5.72. The summed E-state index contributed by atoms with van der Waals surface area (Å²) in [4.78, 5) is 44.2. The molecule has 0 saturated carbocycles. The Kier molecular flexibility index (Phi) is 9.61. The summed E-state index contributed by atoms with van der Waals surface area (Å²) in [6.45, 7) is -0.952. The maximum Gasteiger partial charge on any atom is 1.00 e. The number of nitrogen functional groups attached to an aromatic ring is 1. The van der Waals surface area contributed by atoms with Crippen molar-refractivity contribution in [2.75, 3.05) is 12.3 Å². The zero-order valence-electron chi connectivity index (χ0n) is 18.6. The molecule has 1 aliphatic rings. The molecular formula is C15H19N4NaO13P3S+. The van der Waals surface area contributed by atoms with Gasteiger partial charge in [0.2, 0.25) is 0 Å². The number of aliphatic hydroxyl groups is 2. The molecule has 0 bridgehead atoms. The third kappa shape index (κ3) is 7.14. The van der Waals surface area contributed by atoms with Gasteiger partial charge in [-0.1, -0.05) is 0 Å². The molecule has 4 rings (SSSR count). The number of fused-ring (bicyclic) bond motifs is 1. The van der Waals surface area contributed by atoms with Gasteiger partial charge < -0.3 is 44.8 Å². The van der Waals surface area contributed by atoms with Gasteiger partial charge in [-0.05, 0) is 22.4 Å². The van der Waals surface area contributed by atoms with Gasteiger partial charge in [-0.2, -0.15) is 20.0 Å². The van der Waals surface area contributed by atoms with Crippen LogP contribution < -0.4 is 35.3 Å². The number of aliphatic hydroxyl groups excluding tert-OH is 2. The van der Waals surface area contributed by atoms with Gasteiger partial charge in [-0.25, -0.2) is 23.7 Å². The van der Waals surface area contributed by atoms with Crippen LogP contribution in [0.15, 0.2) is 29.4 Å². The number of phosphoric ester groups is 1. The molecule has 4 heterocycles. The summed E-state index contributed by atoms with van der Waals surface area (Å²) in [6.07, 6.45) is -3.25. The SMILES string of the molecule is Nc1ncnc2c1c(-c1ccsc1)cn2[C@@H]1O[C@H](COP(=O)(O)OP(=O)(O)OP(=O)(O)O)[C@@H](O)[C@H]1O.[Na+]. The topological polar surface area (TPSA) is 266 Å². The number of rotatable bonds is 9. The van der Waals surface area contributed by atoms with Gasteiger partial charge in [0.05, 0.1) is 12.0 Å². The maximum atomic E-state index is 12.0. The van der Waals surface area contributed by atoms with Gasteiger partial charge in [0.1, 0.15) is 36.1 Å². The van der Waals surface area contributed by atoms with E-state index < -0.39 is 54.6 Å². The maximum absolute atomic E-state index is 12.0. The Morgan fingerprint density at radius 1 is 1.08 bits per heavy atom.